The number of amides is 3. The van der Waals surface area contributed by atoms with E-state index in [1.807, 2.05) is 7.05 Å². The van der Waals surface area contributed by atoms with Crippen molar-refractivity contribution >= 4 is 17.7 Å². The van der Waals surface area contributed by atoms with Gasteiger partial charge in [0.05, 0.1) is 5.41 Å². The van der Waals surface area contributed by atoms with E-state index in [-0.39, 0.29) is 36.6 Å². The van der Waals surface area contributed by atoms with Gasteiger partial charge in [0.2, 0.25) is 17.7 Å². The molecule has 1 atom stereocenters. The van der Waals surface area contributed by atoms with Crippen LogP contribution in [0.4, 0.5) is 4.39 Å². The lowest BCUT2D eigenvalue weighted by atomic mass is 9.75. The number of carbonyl (C=O) groups is 3. The lowest BCUT2D eigenvalue weighted by molar-refractivity contribution is -0.145. The number of likely N-dealkylation sites (N-methyl/N-ethyl adjacent to an activating group) is 1. The Morgan fingerprint density at radius 2 is 1.83 bits per heavy atom. The number of piperazine rings is 1. The van der Waals surface area contributed by atoms with Crippen molar-refractivity contribution in [2.45, 2.75) is 50.0 Å². The van der Waals surface area contributed by atoms with E-state index in [0.29, 0.717) is 18.7 Å². The molecule has 7 heteroatoms. The Morgan fingerprint density at radius 1 is 1.14 bits per heavy atom. The number of rotatable bonds is 4. The van der Waals surface area contributed by atoms with Crippen LogP contribution in [-0.2, 0) is 19.8 Å². The summed E-state index contributed by atoms with van der Waals surface area (Å²) in [6, 6.07) is 5.74. The van der Waals surface area contributed by atoms with Gasteiger partial charge in [-0.2, -0.15) is 0 Å². The maximum Gasteiger partial charge on any atom is 0.241 e. The average molecular weight is 401 g/mol. The first kappa shape index (κ1) is 20.0. The number of benzene rings is 1. The van der Waals surface area contributed by atoms with Crippen molar-refractivity contribution in [1.29, 1.82) is 0 Å². The zero-order valence-corrected chi connectivity index (χ0v) is 16.9. The molecule has 1 aromatic carbocycles. The maximum absolute atomic E-state index is 14.0. The molecule has 1 aliphatic carbocycles. The number of imide groups is 1. The molecule has 0 aromatic heterocycles. The molecule has 4 rings (SSSR count). The van der Waals surface area contributed by atoms with Crippen LogP contribution in [0.1, 0.15) is 44.1 Å². The quantitative estimate of drug-likeness (QED) is 0.724. The van der Waals surface area contributed by atoms with E-state index < -0.39 is 11.2 Å². The van der Waals surface area contributed by atoms with E-state index in [1.165, 1.54) is 17.0 Å². The second-order valence-corrected chi connectivity index (χ2v) is 8.64. The Labute approximate surface area is 170 Å². The lowest BCUT2D eigenvalue weighted by Gasteiger charge is -2.35. The molecule has 6 nitrogen and oxygen atoms in total. The van der Waals surface area contributed by atoms with Gasteiger partial charge in [-0.15, -0.1) is 0 Å². The Kier molecular flexibility index (Phi) is 5.42. The zero-order valence-electron chi connectivity index (χ0n) is 16.9. The molecule has 0 radical (unpaired) electrons. The van der Waals surface area contributed by atoms with E-state index in [2.05, 4.69) is 4.90 Å². The highest BCUT2D eigenvalue weighted by Gasteiger charge is 2.56. The average Bonchev–Trinajstić information content (AvgIpc) is 3.29. The molecule has 1 saturated carbocycles. The first-order valence-corrected chi connectivity index (χ1v) is 10.5. The van der Waals surface area contributed by atoms with Crippen molar-refractivity contribution in [3.05, 3.63) is 35.6 Å². The summed E-state index contributed by atoms with van der Waals surface area (Å²) in [4.78, 5) is 45.0. The summed E-state index contributed by atoms with van der Waals surface area (Å²) in [5.41, 5.74) is -0.874. The first-order valence-electron chi connectivity index (χ1n) is 10.5. The number of likely N-dealkylation sites (tertiary alicyclic amines) is 1. The Morgan fingerprint density at radius 3 is 2.48 bits per heavy atom. The van der Waals surface area contributed by atoms with Gasteiger partial charge in [-0.3, -0.25) is 19.3 Å². The summed E-state index contributed by atoms with van der Waals surface area (Å²) in [7, 11) is 2.01. The van der Waals surface area contributed by atoms with Gasteiger partial charge in [-0.05, 0) is 37.6 Å². The molecule has 2 saturated heterocycles. The Balaban J connectivity index is 1.66. The van der Waals surface area contributed by atoms with E-state index in [0.717, 1.165) is 38.8 Å². The molecule has 3 aliphatic rings. The Bertz CT molecular complexity index is 815. The molecule has 1 unspecified atom stereocenters. The third-order valence-electron chi connectivity index (χ3n) is 6.73. The minimum Gasteiger partial charge on any atom is -0.340 e. The van der Waals surface area contributed by atoms with E-state index >= 15 is 0 Å². The summed E-state index contributed by atoms with van der Waals surface area (Å²) in [6.07, 6.45) is 3.45. The SMILES string of the molecule is CN1CCN(C(=O)CC2(c3cccc(F)c3)CC(=O)N(C3CCCC3)C2=O)CC1. The highest BCUT2D eigenvalue weighted by Crippen LogP contribution is 2.43. The number of hydrogen-bond acceptors (Lipinski definition) is 4. The summed E-state index contributed by atoms with van der Waals surface area (Å²) >= 11 is 0. The van der Waals surface area contributed by atoms with Crippen molar-refractivity contribution < 1.29 is 18.8 Å². The summed E-state index contributed by atoms with van der Waals surface area (Å²) in [6.45, 7) is 2.76. The van der Waals surface area contributed by atoms with Crippen LogP contribution in [0.15, 0.2) is 24.3 Å². The van der Waals surface area contributed by atoms with Crippen molar-refractivity contribution in [3.63, 3.8) is 0 Å². The predicted molar refractivity (Wildman–Crippen MR) is 105 cm³/mol. The highest BCUT2D eigenvalue weighted by molar-refractivity contribution is 6.11. The van der Waals surface area contributed by atoms with Gasteiger partial charge < -0.3 is 9.80 Å². The monoisotopic (exact) mass is 401 g/mol. The molecular weight excluding hydrogens is 373 g/mol. The van der Waals surface area contributed by atoms with E-state index in [1.54, 1.807) is 17.0 Å². The molecule has 29 heavy (non-hydrogen) atoms. The maximum atomic E-state index is 14.0. The third-order valence-corrected chi connectivity index (χ3v) is 6.73. The second kappa shape index (κ2) is 7.86. The standard InChI is InChI=1S/C22H28FN3O3/c1-24-9-11-25(12-10-24)19(27)14-22(16-5-4-6-17(23)13-16)15-20(28)26(21(22)29)18-7-2-3-8-18/h4-6,13,18H,2-3,7-12,14-15H2,1H3. The van der Waals surface area contributed by atoms with Crippen LogP contribution in [0.25, 0.3) is 0 Å². The summed E-state index contributed by atoms with van der Waals surface area (Å²) in [5, 5.41) is 0. The Hall–Kier alpha value is -2.28. The minimum atomic E-state index is -1.30. The zero-order chi connectivity index (χ0) is 20.6. The van der Waals surface area contributed by atoms with Crippen LogP contribution in [0.3, 0.4) is 0 Å². The molecule has 0 bridgehead atoms. The van der Waals surface area contributed by atoms with Crippen LogP contribution >= 0.6 is 0 Å². The second-order valence-electron chi connectivity index (χ2n) is 8.64. The molecule has 2 heterocycles. The molecule has 3 amide bonds. The molecule has 1 aromatic rings. The van der Waals surface area contributed by atoms with Crippen LogP contribution in [-0.4, -0.2) is 71.7 Å². The van der Waals surface area contributed by atoms with Crippen LogP contribution < -0.4 is 0 Å². The van der Waals surface area contributed by atoms with Crippen molar-refractivity contribution in [3.8, 4) is 0 Å². The molecular formula is C22H28FN3O3. The fourth-order valence-corrected chi connectivity index (χ4v) is 4.97. The van der Waals surface area contributed by atoms with Gasteiger partial charge in [0.25, 0.3) is 0 Å². The van der Waals surface area contributed by atoms with E-state index in [4.69, 9.17) is 0 Å². The third kappa shape index (κ3) is 3.68. The minimum absolute atomic E-state index is 0.0642. The smallest absolute Gasteiger partial charge is 0.241 e. The van der Waals surface area contributed by atoms with Crippen molar-refractivity contribution in [1.82, 2.24) is 14.7 Å². The van der Waals surface area contributed by atoms with Gasteiger partial charge in [0.15, 0.2) is 0 Å². The van der Waals surface area contributed by atoms with Gasteiger partial charge in [0.1, 0.15) is 5.82 Å². The molecule has 0 N–H and O–H groups in total. The van der Waals surface area contributed by atoms with Crippen LogP contribution in [0.2, 0.25) is 0 Å². The largest absolute Gasteiger partial charge is 0.340 e. The van der Waals surface area contributed by atoms with Gasteiger partial charge in [-0.1, -0.05) is 25.0 Å². The van der Waals surface area contributed by atoms with E-state index in [9.17, 15) is 18.8 Å². The first-order chi connectivity index (χ1) is 13.9. The number of hydrogen-bond donors (Lipinski definition) is 0. The normalized spacial score (nSPS) is 26.6. The molecule has 3 fully saturated rings. The van der Waals surface area contributed by atoms with Gasteiger partial charge in [-0.25, -0.2) is 4.39 Å². The summed E-state index contributed by atoms with van der Waals surface area (Å²) in [5.74, 6) is -1.18. The fourth-order valence-electron chi connectivity index (χ4n) is 4.97. The highest BCUT2D eigenvalue weighted by atomic mass is 19.1. The molecule has 156 valence electrons. The number of halogens is 1. The predicted octanol–water partition coefficient (Wildman–Crippen LogP) is 1.93. The van der Waals surface area contributed by atoms with Crippen LogP contribution in [0.5, 0.6) is 0 Å². The fraction of sp³-hybridized carbons (Fsp3) is 0.591. The van der Waals surface area contributed by atoms with Gasteiger partial charge in [0, 0.05) is 45.1 Å². The topological polar surface area (TPSA) is 60.9 Å². The van der Waals surface area contributed by atoms with Gasteiger partial charge >= 0.3 is 0 Å². The van der Waals surface area contributed by atoms with Crippen molar-refractivity contribution in [2.75, 3.05) is 33.2 Å². The summed E-state index contributed by atoms with van der Waals surface area (Å²) < 4.78 is 14.0. The molecule has 2 aliphatic heterocycles. The number of carbonyl (C=O) groups excluding carboxylic acids is 3. The van der Waals surface area contributed by atoms with Crippen LogP contribution in [0, 0.1) is 5.82 Å². The lowest BCUT2D eigenvalue weighted by Crippen LogP contribution is -2.50. The number of nitrogens with zero attached hydrogens (tertiary/aromatic N) is 3. The molecule has 0 spiro atoms. The van der Waals surface area contributed by atoms with Crippen molar-refractivity contribution in [2.24, 2.45) is 0 Å².